The van der Waals surface area contributed by atoms with Gasteiger partial charge in [0.15, 0.2) is 0 Å². The highest BCUT2D eigenvalue weighted by Crippen LogP contribution is 2.28. The number of ether oxygens (including phenoxy) is 1. The van der Waals surface area contributed by atoms with Crippen LogP contribution in [0.4, 0.5) is 0 Å². The summed E-state index contributed by atoms with van der Waals surface area (Å²) < 4.78 is 5.16. The third-order valence-corrected chi connectivity index (χ3v) is 3.33. The average Bonchev–Trinajstić information content (AvgIpc) is 3.19. The minimum absolute atomic E-state index is 0.146. The molecule has 1 aromatic rings. The summed E-state index contributed by atoms with van der Waals surface area (Å²) in [6.45, 7) is 2.54. The Morgan fingerprint density at radius 1 is 1.44 bits per heavy atom. The predicted molar refractivity (Wildman–Crippen MR) is 72.8 cm³/mol. The van der Waals surface area contributed by atoms with Crippen molar-refractivity contribution in [1.82, 2.24) is 4.90 Å². The van der Waals surface area contributed by atoms with E-state index >= 15 is 0 Å². The lowest BCUT2D eigenvalue weighted by molar-refractivity contribution is 0.139. The maximum atomic E-state index is 7.62. The summed E-state index contributed by atoms with van der Waals surface area (Å²) >= 11 is 0. The molecule has 0 spiro atoms. The molecule has 0 aliphatic heterocycles. The Labute approximate surface area is 108 Å². The van der Waals surface area contributed by atoms with E-state index in [1.165, 1.54) is 12.8 Å². The van der Waals surface area contributed by atoms with Crippen LogP contribution in [-0.4, -0.2) is 37.0 Å². The molecule has 0 aromatic heterocycles. The smallest absolute Gasteiger partial charge is 0.123 e. The van der Waals surface area contributed by atoms with E-state index in [0.717, 1.165) is 30.8 Å². The molecular weight excluding hydrogens is 226 g/mol. The molecule has 0 heterocycles. The second-order valence-electron chi connectivity index (χ2n) is 4.77. The van der Waals surface area contributed by atoms with Crippen molar-refractivity contribution in [3.63, 3.8) is 0 Å². The quantitative estimate of drug-likeness (QED) is 0.568. The second-order valence-corrected chi connectivity index (χ2v) is 4.77. The molecule has 0 saturated heterocycles. The highest BCUT2D eigenvalue weighted by molar-refractivity contribution is 5.96. The van der Waals surface area contributed by atoms with Crippen LogP contribution in [0.25, 0.3) is 0 Å². The summed E-state index contributed by atoms with van der Waals surface area (Å²) in [4.78, 5) is 2.42. The van der Waals surface area contributed by atoms with Crippen molar-refractivity contribution >= 4 is 5.84 Å². The van der Waals surface area contributed by atoms with Gasteiger partial charge >= 0.3 is 0 Å². The fraction of sp³-hybridized carbons (Fsp3) is 0.500. The van der Waals surface area contributed by atoms with Gasteiger partial charge in [-0.2, -0.15) is 0 Å². The molecule has 4 nitrogen and oxygen atoms in total. The van der Waals surface area contributed by atoms with Crippen LogP contribution >= 0.6 is 0 Å². The number of nitrogens with one attached hydrogen (secondary N) is 1. The first-order valence-corrected chi connectivity index (χ1v) is 6.37. The lowest BCUT2D eigenvalue weighted by atomic mass is 10.1. The fourth-order valence-corrected chi connectivity index (χ4v) is 2.18. The third-order valence-electron chi connectivity index (χ3n) is 3.33. The van der Waals surface area contributed by atoms with Gasteiger partial charge in [0.05, 0.1) is 6.61 Å². The summed E-state index contributed by atoms with van der Waals surface area (Å²) in [7, 11) is 1.73. The van der Waals surface area contributed by atoms with Crippen molar-refractivity contribution in [1.29, 1.82) is 5.41 Å². The molecule has 0 atom stereocenters. The molecule has 1 saturated carbocycles. The van der Waals surface area contributed by atoms with E-state index in [2.05, 4.69) is 11.0 Å². The van der Waals surface area contributed by atoms with Gasteiger partial charge in [0, 0.05) is 31.8 Å². The van der Waals surface area contributed by atoms with Crippen LogP contribution in [-0.2, 0) is 11.3 Å². The summed E-state index contributed by atoms with van der Waals surface area (Å²) in [6, 6.07) is 8.58. The van der Waals surface area contributed by atoms with E-state index in [4.69, 9.17) is 15.9 Å². The summed E-state index contributed by atoms with van der Waals surface area (Å²) in [5.41, 5.74) is 7.60. The van der Waals surface area contributed by atoms with Gasteiger partial charge in [-0.1, -0.05) is 24.3 Å². The second kappa shape index (κ2) is 5.98. The Hall–Kier alpha value is -1.39. The first-order valence-electron chi connectivity index (χ1n) is 6.37. The zero-order valence-corrected chi connectivity index (χ0v) is 10.9. The fourth-order valence-electron chi connectivity index (χ4n) is 2.18. The molecule has 0 radical (unpaired) electrons. The monoisotopic (exact) mass is 247 g/mol. The van der Waals surface area contributed by atoms with Crippen LogP contribution in [0.1, 0.15) is 24.0 Å². The largest absolute Gasteiger partial charge is 0.384 e. The van der Waals surface area contributed by atoms with Crippen LogP contribution in [0.5, 0.6) is 0 Å². The van der Waals surface area contributed by atoms with Gasteiger partial charge in [0.1, 0.15) is 5.84 Å². The lowest BCUT2D eigenvalue weighted by Gasteiger charge is -2.22. The number of nitrogen functional groups attached to an aromatic ring is 1. The number of nitrogens with two attached hydrogens (primary N) is 1. The van der Waals surface area contributed by atoms with Gasteiger partial charge in [-0.25, -0.2) is 0 Å². The van der Waals surface area contributed by atoms with Gasteiger partial charge in [-0.05, 0) is 18.4 Å². The van der Waals surface area contributed by atoms with E-state index < -0.39 is 0 Å². The highest BCUT2D eigenvalue weighted by atomic mass is 16.5. The molecular formula is C14H21N3O. The maximum absolute atomic E-state index is 7.62. The predicted octanol–water partition coefficient (Wildman–Crippen LogP) is 1.58. The van der Waals surface area contributed by atoms with Crippen molar-refractivity contribution in [2.75, 3.05) is 20.3 Å². The van der Waals surface area contributed by atoms with Crippen molar-refractivity contribution in [2.45, 2.75) is 25.4 Å². The van der Waals surface area contributed by atoms with E-state index in [0.29, 0.717) is 6.04 Å². The first kappa shape index (κ1) is 13.1. The molecule has 1 aliphatic rings. The summed E-state index contributed by atoms with van der Waals surface area (Å²) in [5.74, 6) is 0.146. The SMILES string of the molecule is COCCN(Cc1ccccc1C(=N)N)C1CC1. The molecule has 0 amide bonds. The zero-order chi connectivity index (χ0) is 13.0. The van der Waals surface area contributed by atoms with Gasteiger partial charge in [-0.3, -0.25) is 10.3 Å². The number of hydrogen-bond donors (Lipinski definition) is 2. The Bertz CT molecular complexity index is 415. The molecule has 2 rings (SSSR count). The number of hydrogen-bond acceptors (Lipinski definition) is 3. The van der Waals surface area contributed by atoms with E-state index in [9.17, 15) is 0 Å². The number of benzene rings is 1. The molecule has 98 valence electrons. The molecule has 1 aromatic carbocycles. The Morgan fingerprint density at radius 3 is 2.78 bits per heavy atom. The van der Waals surface area contributed by atoms with E-state index in [-0.39, 0.29) is 5.84 Å². The van der Waals surface area contributed by atoms with Gasteiger partial charge in [0.25, 0.3) is 0 Å². The Balaban J connectivity index is 2.08. The zero-order valence-electron chi connectivity index (χ0n) is 10.9. The average molecular weight is 247 g/mol. The molecule has 0 unspecified atom stereocenters. The van der Waals surface area contributed by atoms with Crippen molar-refractivity contribution < 1.29 is 4.74 Å². The van der Waals surface area contributed by atoms with Crippen LogP contribution in [0.15, 0.2) is 24.3 Å². The van der Waals surface area contributed by atoms with E-state index in [1.807, 2.05) is 18.2 Å². The number of methoxy groups -OCH3 is 1. The molecule has 4 heteroatoms. The van der Waals surface area contributed by atoms with Crippen LogP contribution in [0.2, 0.25) is 0 Å². The molecule has 18 heavy (non-hydrogen) atoms. The molecule has 1 fully saturated rings. The van der Waals surface area contributed by atoms with Gasteiger partial charge in [0.2, 0.25) is 0 Å². The van der Waals surface area contributed by atoms with Crippen LogP contribution in [0, 0.1) is 5.41 Å². The Kier molecular flexibility index (Phi) is 4.33. The first-order chi connectivity index (χ1) is 8.72. The number of rotatable bonds is 7. The number of nitrogens with zero attached hydrogens (tertiary/aromatic N) is 1. The van der Waals surface area contributed by atoms with Crippen LogP contribution in [0.3, 0.4) is 0 Å². The minimum atomic E-state index is 0.146. The van der Waals surface area contributed by atoms with Crippen molar-refractivity contribution in [3.05, 3.63) is 35.4 Å². The lowest BCUT2D eigenvalue weighted by Crippen LogP contribution is -2.30. The number of amidine groups is 1. The Morgan fingerprint density at radius 2 is 2.17 bits per heavy atom. The standard InChI is InChI=1S/C14H21N3O/c1-18-9-8-17(12-6-7-12)10-11-4-2-3-5-13(11)14(15)16/h2-5,12H,6-10H2,1H3,(H3,15,16). The van der Waals surface area contributed by atoms with Crippen molar-refractivity contribution in [3.8, 4) is 0 Å². The van der Waals surface area contributed by atoms with Gasteiger partial charge in [-0.15, -0.1) is 0 Å². The third kappa shape index (κ3) is 3.31. The maximum Gasteiger partial charge on any atom is 0.123 e. The van der Waals surface area contributed by atoms with Crippen molar-refractivity contribution in [2.24, 2.45) is 5.73 Å². The normalized spacial score (nSPS) is 15.0. The highest BCUT2D eigenvalue weighted by Gasteiger charge is 2.29. The molecule has 3 N–H and O–H groups in total. The molecule has 0 bridgehead atoms. The molecule has 1 aliphatic carbocycles. The van der Waals surface area contributed by atoms with Crippen LogP contribution < -0.4 is 5.73 Å². The van der Waals surface area contributed by atoms with Gasteiger partial charge < -0.3 is 10.5 Å². The topological polar surface area (TPSA) is 62.3 Å². The summed E-state index contributed by atoms with van der Waals surface area (Å²) in [5, 5.41) is 7.62. The van der Waals surface area contributed by atoms with E-state index in [1.54, 1.807) is 7.11 Å². The minimum Gasteiger partial charge on any atom is -0.384 e. The summed E-state index contributed by atoms with van der Waals surface area (Å²) in [6.07, 6.45) is 2.54.